The normalized spacial score (nSPS) is 11.7. The van der Waals surface area contributed by atoms with Gasteiger partial charge in [-0.1, -0.05) is 165 Å². The highest BCUT2D eigenvalue weighted by molar-refractivity contribution is 5.66. The molecule has 0 atom stereocenters. The lowest BCUT2D eigenvalue weighted by atomic mass is 10.0. The Balaban J connectivity index is 0. The molecule has 0 fully saturated rings. The van der Waals surface area contributed by atoms with Crippen molar-refractivity contribution in [1.82, 2.24) is 0 Å². The first-order valence-electron chi connectivity index (χ1n) is 17.6. The Morgan fingerprint density at radius 1 is 0.381 bits per heavy atom. The Kier molecular flexibility index (Phi) is 38.9. The highest BCUT2D eigenvalue weighted by Gasteiger charge is 1.97. The predicted molar refractivity (Wildman–Crippen MR) is 183 cm³/mol. The van der Waals surface area contributed by atoms with Crippen LogP contribution in [0.25, 0.3) is 0 Å². The van der Waals surface area contributed by atoms with Gasteiger partial charge in [0.2, 0.25) is 0 Å². The van der Waals surface area contributed by atoms with Gasteiger partial charge in [-0.2, -0.15) is 0 Å². The first-order valence-corrected chi connectivity index (χ1v) is 17.6. The van der Waals surface area contributed by atoms with Crippen LogP contribution >= 0.6 is 0 Å². The first-order chi connectivity index (χ1) is 20.5. The number of unbranched alkanes of at least 4 members (excludes halogenated alkanes) is 18. The molecule has 4 heteroatoms. The predicted octanol–water partition coefficient (Wildman–Crippen LogP) is 12.5. The van der Waals surface area contributed by atoms with Gasteiger partial charge in [-0.05, 0) is 51.4 Å². The number of aliphatic carboxylic acids is 2. The summed E-state index contributed by atoms with van der Waals surface area (Å²) < 4.78 is 0. The van der Waals surface area contributed by atoms with Crippen LogP contribution in [0.3, 0.4) is 0 Å². The maximum atomic E-state index is 10.3. The maximum absolute atomic E-state index is 10.3. The van der Waals surface area contributed by atoms with Gasteiger partial charge in [0.25, 0.3) is 0 Å². The highest BCUT2D eigenvalue weighted by Crippen LogP contribution is 2.13. The SMILES string of the molecule is CCCCCC=CCC=CCC=CCC=CCCCC(=O)O.CCCCCCCCCCCCCCCCCC(=O)O. The van der Waals surface area contributed by atoms with Crippen LogP contribution in [0.4, 0.5) is 0 Å². The van der Waals surface area contributed by atoms with Crippen molar-refractivity contribution < 1.29 is 19.8 Å². The monoisotopic (exact) mass is 589 g/mol. The van der Waals surface area contributed by atoms with Crippen molar-refractivity contribution in [3.63, 3.8) is 0 Å². The van der Waals surface area contributed by atoms with E-state index in [0.29, 0.717) is 6.42 Å². The van der Waals surface area contributed by atoms with Crippen LogP contribution in [0.15, 0.2) is 48.6 Å². The van der Waals surface area contributed by atoms with Crippen LogP contribution in [0.5, 0.6) is 0 Å². The summed E-state index contributed by atoms with van der Waals surface area (Å²) in [5, 5.41) is 17.0. The average Bonchev–Trinajstić information content (AvgIpc) is 2.97. The molecule has 244 valence electrons. The average molecular weight is 589 g/mol. The number of carbonyl (C=O) groups is 2. The summed E-state index contributed by atoms with van der Waals surface area (Å²) in [5.74, 6) is -1.37. The summed E-state index contributed by atoms with van der Waals surface area (Å²) in [5.41, 5.74) is 0. The van der Waals surface area contributed by atoms with Gasteiger partial charge in [0.15, 0.2) is 0 Å². The lowest BCUT2D eigenvalue weighted by Crippen LogP contribution is -1.93. The topological polar surface area (TPSA) is 74.6 Å². The van der Waals surface area contributed by atoms with Crippen LogP contribution in [0.2, 0.25) is 0 Å². The van der Waals surface area contributed by atoms with Crippen LogP contribution in [0, 0.1) is 0 Å². The molecule has 0 heterocycles. The molecule has 0 spiro atoms. The molecular formula is C38H68O4. The molecule has 0 aliphatic rings. The Morgan fingerprint density at radius 3 is 1.05 bits per heavy atom. The third kappa shape index (κ3) is 44.9. The van der Waals surface area contributed by atoms with E-state index in [-0.39, 0.29) is 6.42 Å². The third-order valence-electron chi connectivity index (χ3n) is 7.21. The molecule has 0 aliphatic carbocycles. The summed E-state index contributed by atoms with van der Waals surface area (Å²) >= 11 is 0. The fraction of sp³-hybridized carbons (Fsp3) is 0.737. The number of allylic oxidation sites excluding steroid dienone is 8. The molecule has 0 saturated carbocycles. The Labute approximate surface area is 260 Å². The minimum Gasteiger partial charge on any atom is -0.481 e. The van der Waals surface area contributed by atoms with Gasteiger partial charge in [-0.25, -0.2) is 0 Å². The number of rotatable bonds is 30. The van der Waals surface area contributed by atoms with Crippen molar-refractivity contribution >= 4 is 11.9 Å². The second-order valence-electron chi connectivity index (χ2n) is 11.5. The minimum atomic E-state index is -0.712. The van der Waals surface area contributed by atoms with Crippen LogP contribution < -0.4 is 0 Å². The van der Waals surface area contributed by atoms with Crippen molar-refractivity contribution in [2.45, 2.75) is 181 Å². The Morgan fingerprint density at radius 2 is 0.667 bits per heavy atom. The van der Waals surface area contributed by atoms with Gasteiger partial charge < -0.3 is 10.2 Å². The summed E-state index contributed by atoms with van der Waals surface area (Å²) in [4.78, 5) is 20.6. The van der Waals surface area contributed by atoms with Crippen molar-refractivity contribution in [3.8, 4) is 0 Å². The molecule has 0 aromatic carbocycles. The van der Waals surface area contributed by atoms with Gasteiger partial charge in [-0.3, -0.25) is 9.59 Å². The molecule has 0 bridgehead atoms. The molecule has 0 aromatic rings. The van der Waals surface area contributed by atoms with Crippen LogP contribution in [0.1, 0.15) is 181 Å². The van der Waals surface area contributed by atoms with E-state index in [2.05, 4.69) is 62.5 Å². The van der Waals surface area contributed by atoms with Gasteiger partial charge >= 0.3 is 11.9 Å². The fourth-order valence-electron chi connectivity index (χ4n) is 4.58. The van der Waals surface area contributed by atoms with E-state index in [9.17, 15) is 9.59 Å². The van der Waals surface area contributed by atoms with E-state index in [1.807, 2.05) is 0 Å². The molecule has 4 nitrogen and oxygen atoms in total. The lowest BCUT2D eigenvalue weighted by molar-refractivity contribution is -0.138. The standard InChI is InChI=1S/C20H32O2.C18H36O2/c1-2-3-4-5-6-7-8-9-10-11-12-13-14-15-16-17-18-19-20(21)22;1-2-3-4-5-6-7-8-9-10-11-12-13-14-15-16-17-18(19)20/h6-7,9-10,12-13,15-16H,2-5,8,11,14,17-19H2,1H3,(H,21,22);2-17H2,1H3,(H,19,20). The quantitative estimate of drug-likeness (QED) is 0.0646. The molecular weight excluding hydrogens is 520 g/mol. The molecule has 0 radical (unpaired) electrons. The Bertz CT molecular complexity index is 675. The number of hydrogen-bond acceptors (Lipinski definition) is 2. The van der Waals surface area contributed by atoms with Gasteiger partial charge in [0, 0.05) is 12.8 Å². The van der Waals surface area contributed by atoms with Gasteiger partial charge in [0.05, 0.1) is 0 Å². The molecule has 0 saturated heterocycles. The van der Waals surface area contributed by atoms with Crippen molar-refractivity contribution in [1.29, 1.82) is 0 Å². The van der Waals surface area contributed by atoms with Crippen molar-refractivity contribution in [2.24, 2.45) is 0 Å². The van der Waals surface area contributed by atoms with Crippen LogP contribution in [-0.4, -0.2) is 22.2 Å². The second-order valence-corrected chi connectivity index (χ2v) is 11.5. The zero-order chi connectivity index (χ0) is 31.2. The van der Waals surface area contributed by atoms with Crippen LogP contribution in [-0.2, 0) is 9.59 Å². The van der Waals surface area contributed by atoms with Crippen molar-refractivity contribution in [2.75, 3.05) is 0 Å². The minimum absolute atomic E-state index is 0.262. The zero-order valence-electron chi connectivity index (χ0n) is 27.7. The summed E-state index contributed by atoms with van der Waals surface area (Å²) in [6.45, 7) is 4.50. The molecule has 0 rings (SSSR count). The van der Waals surface area contributed by atoms with Crippen molar-refractivity contribution in [3.05, 3.63) is 48.6 Å². The Hall–Kier alpha value is -2.10. The lowest BCUT2D eigenvalue weighted by Gasteiger charge is -2.03. The number of carboxylic acids is 2. The van der Waals surface area contributed by atoms with E-state index in [1.54, 1.807) is 0 Å². The number of hydrogen-bond donors (Lipinski definition) is 2. The summed E-state index contributed by atoms with van der Waals surface area (Å²) in [7, 11) is 0. The molecule has 0 aliphatic heterocycles. The molecule has 0 amide bonds. The first kappa shape index (κ1) is 42.0. The molecule has 2 N–H and O–H groups in total. The highest BCUT2D eigenvalue weighted by atomic mass is 16.4. The maximum Gasteiger partial charge on any atom is 0.303 e. The van der Waals surface area contributed by atoms with E-state index in [0.717, 1.165) is 44.9 Å². The fourth-order valence-corrected chi connectivity index (χ4v) is 4.58. The van der Waals surface area contributed by atoms with E-state index in [1.165, 1.54) is 109 Å². The summed E-state index contributed by atoms with van der Waals surface area (Å²) in [6, 6.07) is 0. The summed E-state index contributed by atoms with van der Waals surface area (Å²) in [6.07, 6.45) is 47.5. The van der Waals surface area contributed by atoms with Gasteiger partial charge in [-0.15, -0.1) is 0 Å². The van der Waals surface area contributed by atoms with E-state index < -0.39 is 11.9 Å². The molecule has 0 aromatic heterocycles. The second kappa shape index (κ2) is 38.9. The smallest absolute Gasteiger partial charge is 0.303 e. The third-order valence-corrected chi connectivity index (χ3v) is 7.21. The molecule has 42 heavy (non-hydrogen) atoms. The molecule has 0 unspecified atom stereocenters. The zero-order valence-corrected chi connectivity index (χ0v) is 27.7. The van der Waals surface area contributed by atoms with E-state index >= 15 is 0 Å². The van der Waals surface area contributed by atoms with E-state index in [4.69, 9.17) is 10.2 Å². The number of carboxylic acid groups (broad SMARTS) is 2. The largest absolute Gasteiger partial charge is 0.481 e. The van der Waals surface area contributed by atoms with Gasteiger partial charge in [0.1, 0.15) is 0 Å².